The summed E-state index contributed by atoms with van der Waals surface area (Å²) in [6.07, 6.45) is 4.27. The van der Waals surface area contributed by atoms with Crippen molar-refractivity contribution in [2.24, 2.45) is 0 Å². The van der Waals surface area contributed by atoms with Crippen LogP contribution in [0.4, 0.5) is 0 Å². The summed E-state index contributed by atoms with van der Waals surface area (Å²) < 4.78 is 12.1. The van der Waals surface area contributed by atoms with Crippen LogP contribution in [0.5, 0.6) is 0 Å². The zero-order valence-corrected chi connectivity index (χ0v) is 15.1. The number of benzene rings is 2. The smallest absolute Gasteiger partial charge is 0.171 e. The summed E-state index contributed by atoms with van der Waals surface area (Å²) in [4.78, 5) is 2.69. The van der Waals surface area contributed by atoms with Gasteiger partial charge in [-0.2, -0.15) is 0 Å². The standard InChI is InChI=1S/C23H25NO2/c1-2-6-18-16(4-1)8-9-17-5-3-7-19-21-14-23(25-12-13-26-23)10-11-24(21)15-20(18)22(17)19/h1-7,20-21H,8-15H2/t20-,21-/m0/s1. The highest BCUT2D eigenvalue weighted by Gasteiger charge is 2.48. The van der Waals surface area contributed by atoms with Gasteiger partial charge < -0.3 is 9.47 Å². The molecule has 0 aromatic heterocycles. The molecule has 3 heterocycles. The van der Waals surface area contributed by atoms with Crippen LogP contribution in [0.1, 0.15) is 52.6 Å². The Bertz CT molecular complexity index is 855. The predicted molar refractivity (Wildman–Crippen MR) is 100 cm³/mol. The van der Waals surface area contributed by atoms with Gasteiger partial charge >= 0.3 is 0 Å². The lowest BCUT2D eigenvalue weighted by Gasteiger charge is -2.49. The summed E-state index contributed by atoms with van der Waals surface area (Å²) in [6.45, 7) is 3.68. The van der Waals surface area contributed by atoms with E-state index < -0.39 is 0 Å². The minimum Gasteiger partial charge on any atom is -0.347 e. The van der Waals surface area contributed by atoms with Gasteiger partial charge in [0, 0.05) is 37.9 Å². The Kier molecular flexibility index (Phi) is 3.35. The van der Waals surface area contributed by atoms with Gasteiger partial charge in [0.25, 0.3) is 0 Å². The predicted octanol–water partition coefficient (Wildman–Crippen LogP) is 3.81. The van der Waals surface area contributed by atoms with Gasteiger partial charge in [-0.1, -0.05) is 42.5 Å². The second-order valence-electron chi connectivity index (χ2n) is 8.24. The topological polar surface area (TPSA) is 21.7 Å². The van der Waals surface area contributed by atoms with E-state index in [1.54, 1.807) is 16.7 Å². The fourth-order valence-corrected chi connectivity index (χ4v) is 5.80. The van der Waals surface area contributed by atoms with Gasteiger partial charge in [0.1, 0.15) is 0 Å². The Morgan fingerprint density at radius 3 is 2.58 bits per heavy atom. The summed E-state index contributed by atoms with van der Waals surface area (Å²) in [5.74, 6) is 0.176. The largest absolute Gasteiger partial charge is 0.347 e. The van der Waals surface area contributed by atoms with Crippen molar-refractivity contribution in [3.05, 3.63) is 70.3 Å². The van der Waals surface area contributed by atoms with Crippen LogP contribution in [0.3, 0.4) is 0 Å². The molecule has 2 saturated heterocycles. The van der Waals surface area contributed by atoms with Gasteiger partial charge in [-0.05, 0) is 40.7 Å². The van der Waals surface area contributed by atoms with Crippen LogP contribution in [0.2, 0.25) is 0 Å². The first-order chi connectivity index (χ1) is 12.8. The lowest BCUT2D eigenvalue weighted by atomic mass is 9.76. The van der Waals surface area contributed by atoms with Crippen LogP contribution >= 0.6 is 0 Å². The normalized spacial score (nSPS) is 28.9. The Hall–Kier alpha value is -1.68. The molecule has 0 N–H and O–H groups in total. The molecule has 0 radical (unpaired) electrons. The van der Waals surface area contributed by atoms with Gasteiger partial charge in [-0.25, -0.2) is 0 Å². The van der Waals surface area contributed by atoms with E-state index in [0.717, 1.165) is 52.0 Å². The first kappa shape index (κ1) is 15.4. The summed E-state index contributed by atoms with van der Waals surface area (Å²) in [5, 5.41) is 0. The van der Waals surface area contributed by atoms with Crippen LogP contribution in [0.15, 0.2) is 42.5 Å². The van der Waals surface area contributed by atoms with Crippen molar-refractivity contribution in [3.63, 3.8) is 0 Å². The quantitative estimate of drug-likeness (QED) is 0.723. The minimum absolute atomic E-state index is 0.334. The third-order valence-electron chi connectivity index (χ3n) is 6.99. The molecule has 3 nitrogen and oxygen atoms in total. The molecular formula is C23H25NO2. The molecule has 4 aliphatic rings. The first-order valence-corrected chi connectivity index (χ1v) is 10.0. The van der Waals surface area contributed by atoms with Crippen LogP contribution in [0, 0.1) is 0 Å². The van der Waals surface area contributed by atoms with E-state index in [0.29, 0.717) is 12.0 Å². The Morgan fingerprint density at radius 2 is 1.65 bits per heavy atom. The van der Waals surface area contributed by atoms with E-state index in [-0.39, 0.29) is 5.79 Å². The molecule has 1 aliphatic carbocycles. The lowest BCUT2D eigenvalue weighted by molar-refractivity contribution is -0.199. The van der Waals surface area contributed by atoms with E-state index in [4.69, 9.17) is 9.47 Å². The van der Waals surface area contributed by atoms with Crippen LogP contribution in [-0.4, -0.2) is 37.0 Å². The molecule has 2 aromatic rings. The molecular weight excluding hydrogens is 322 g/mol. The lowest BCUT2D eigenvalue weighted by Crippen LogP contribution is -2.50. The van der Waals surface area contributed by atoms with Crippen LogP contribution in [-0.2, 0) is 22.3 Å². The van der Waals surface area contributed by atoms with E-state index in [2.05, 4.69) is 47.4 Å². The fourth-order valence-electron chi connectivity index (χ4n) is 5.80. The highest BCUT2D eigenvalue weighted by atomic mass is 16.7. The van der Waals surface area contributed by atoms with Gasteiger partial charge in [-0.3, -0.25) is 4.90 Å². The molecule has 134 valence electrons. The maximum atomic E-state index is 6.07. The molecule has 26 heavy (non-hydrogen) atoms. The zero-order valence-electron chi connectivity index (χ0n) is 15.1. The van der Waals surface area contributed by atoms with Crippen molar-refractivity contribution in [1.29, 1.82) is 0 Å². The van der Waals surface area contributed by atoms with E-state index >= 15 is 0 Å². The third kappa shape index (κ3) is 2.17. The third-order valence-corrected chi connectivity index (χ3v) is 6.99. The maximum absolute atomic E-state index is 6.07. The number of hydrogen-bond donors (Lipinski definition) is 0. The highest BCUT2D eigenvalue weighted by Crippen LogP contribution is 2.50. The number of piperidine rings is 1. The van der Waals surface area contributed by atoms with Crippen molar-refractivity contribution in [3.8, 4) is 0 Å². The average Bonchev–Trinajstić information content (AvgIpc) is 3.07. The van der Waals surface area contributed by atoms with Crippen molar-refractivity contribution in [1.82, 2.24) is 4.90 Å². The number of ether oxygens (including phenoxy) is 2. The zero-order chi connectivity index (χ0) is 17.1. The van der Waals surface area contributed by atoms with E-state index in [1.165, 1.54) is 11.1 Å². The molecule has 3 aliphatic heterocycles. The Morgan fingerprint density at radius 1 is 0.885 bits per heavy atom. The Labute approximate surface area is 154 Å². The van der Waals surface area contributed by atoms with Crippen molar-refractivity contribution in [2.45, 2.75) is 43.4 Å². The van der Waals surface area contributed by atoms with Gasteiger partial charge in [0.05, 0.1) is 13.2 Å². The molecule has 1 spiro atoms. The van der Waals surface area contributed by atoms with Gasteiger partial charge in [-0.15, -0.1) is 0 Å². The van der Waals surface area contributed by atoms with Crippen molar-refractivity contribution in [2.75, 3.05) is 26.3 Å². The number of nitrogens with zero attached hydrogens (tertiary/aromatic N) is 1. The summed E-state index contributed by atoms with van der Waals surface area (Å²) >= 11 is 0. The first-order valence-electron chi connectivity index (χ1n) is 10.0. The summed E-state index contributed by atoms with van der Waals surface area (Å²) in [6, 6.07) is 16.5. The van der Waals surface area contributed by atoms with Gasteiger partial charge in [0.15, 0.2) is 5.79 Å². The second kappa shape index (κ2) is 5.66. The van der Waals surface area contributed by atoms with Crippen molar-refractivity contribution >= 4 is 0 Å². The highest BCUT2D eigenvalue weighted by molar-refractivity contribution is 5.51. The number of aryl methyl sites for hydroxylation is 2. The number of hydrogen-bond acceptors (Lipinski definition) is 3. The Balaban J connectivity index is 1.49. The number of fused-ring (bicyclic) bond motifs is 4. The van der Waals surface area contributed by atoms with Gasteiger partial charge in [0.2, 0.25) is 0 Å². The van der Waals surface area contributed by atoms with Crippen molar-refractivity contribution < 1.29 is 9.47 Å². The monoisotopic (exact) mass is 347 g/mol. The molecule has 0 unspecified atom stereocenters. The second-order valence-corrected chi connectivity index (χ2v) is 8.24. The summed E-state index contributed by atoms with van der Waals surface area (Å²) in [5.41, 5.74) is 7.76. The molecule has 0 bridgehead atoms. The molecule has 0 saturated carbocycles. The van der Waals surface area contributed by atoms with Crippen LogP contribution in [0.25, 0.3) is 0 Å². The fraction of sp³-hybridized carbons (Fsp3) is 0.478. The van der Waals surface area contributed by atoms with E-state index in [9.17, 15) is 0 Å². The molecule has 6 rings (SSSR count). The molecule has 2 atom stereocenters. The maximum Gasteiger partial charge on any atom is 0.171 e. The van der Waals surface area contributed by atoms with Crippen LogP contribution < -0.4 is 0 Å². The molecule has 2 fully saturated rings. The molecule has 0 amide bonds. The SMILES string of the molecule is c1ccc2c(c1)CCc1cccc3c1[C@H]2CN1CCC2(C[C@@H]31)OCCO2. The minimum atomic E-state index is -0.334. The number of rotatable bonds is 0. The molecule has 3 heteroatoms. The van der Waals surface area contributed by atoms with E-state index in [1.807, 2.05) is 0 Å². The average molecular weight is 347 g/mol. The molecule has 2 aromatic carbocycles. The summed E-state index contributed by atoms with van der Waals surface area (Å²) in [7, 11) is 0.